The molecule has 1 fully saturated rings. The molecule has 20 heavy (non-hydrogen) atoms. The molecule has 0 saturated carbocycles. The number of carboxylic acid groups (broad SMARTS) is 1. The molecule has 1 aromatic carbocycles. The van der Waals surface area contributed by atoms with Gasteiger partial charge in [-0.25, -0.2) is 4.39 Å². The number of hydrogen-bond donors (Lipinski definition) is 2. The second-order valence-corrected chi connectivity index (χ2v) is 5.03. The van der Waals surface area contributed by atoms with E-state index in [0.29, 0.717) is 18.7 Å². The van der Waals surface area contributed by atoms with Gasteiger partial charge in [-0.15, -0.1) is 0 Å². The van der Waals surface area contributed by atoms with E-state index in [1.807, 2.05) is 4.90 Å². The van der Waals surface area contributed by atoms with Crippen LogP contribution in [0.1, 0.15) is 12.8 Å². The van der Waals surface area contributed by atoms with Crippen LogP contribution in [0.4, 0.5) is 10.1 Å². The highest BCUT2D eigenvalue weighted by Gasteiger charge is 2.28. The van der Waals surface area contributed by atoms with Gasteiger partial charge in [-0.1, -0.05) is 6.07 Å². The first kappa shape index (κ1) is 14.5. The topological polar surface area (TPSA) is 69.6 Å². The molecule has 0 bridgehead atoms. The lowest BCUT2D eigenvalue weighted by molar-refractivity contribution is -0.139. The van der Waals surface area contributed by atoms with Gasteiger partial charge >= 0.3 is 5.97 Å². The van der Waals surface area contributed by atoms with Crippen LogP contribution in [0.15, 0.2) is 24.3 Å². The zero-order valence-electron chi connectivity index (χ0n) is 11.0. The Morgan fingerprint density at radius 3 is 2.80 bits per heavy atom. The summed E-state index contributed by atoms with van der Waals surface area (Å²) in [4.78, 5) is 24.2. The summed E-state index contributed by atoms with van der Waals surface area (Å²) in [7, 11) is 0. The third-order valence-electron chi connectivity index (χ3n) is 3.26. The van der Waals surface area contributed by atoms with Crippen LogP contribution < -0.4 is 5.32 Å². The Labute approximate surface area is 116 Å². The van der Waals surface area contributed by atoms with E-state index in [1.54, 1.807) is 6.07 Å². The van der Waals surface area contributed by atoms with Crippen molar-refractivity contribution in [3.63, 3.8) is 0 Å². The van der Waals surface area contributed by atoms with E-state index in [2.05, 4.69) is 5.32 Å². The lowest BCUT2D eigenvalue weighted by Crippen LogP contribution is -2.48. The van der Waals surface area contributed by atoms with Crippen molar-refractivity contribution in [2.24, 2.45) is 5.92 Å². The first-order valence-electron chi connectivity index (χ1n) is 6.52. The molecular formula is C14H17FN2O3. The molecule has 0 unspecified atom stereocenters. The van der Waals surface area contributed by atoms with Crippen molar-refractivity contribution in [3.05, 3.63) is 30.1 Å². The van der Waals surface area contributed by atoms with E-state index in [-0.39, 0.29) is 24.1 Å². The van der Waals surface area contributed by atoms with Crippen molar-refractivity contribution in [3.8, 4) is 0 Å². The van der Waals surface area contributed by atoms with Gasteiger partial charge in [-0.05, 0) is 24.1 Å². The number of carbonyl (C=O) groups is 2. The highest BCUT2D eigenvalue weighted by atomic mass is 19.1. The number of halogens is 1. The molecule has 2 rings (SSSR count). The maximum atomic E-state index is 12.9. The molecule has 0 atom stereocenters. The summed E-state index contributed by atoms with van der Waals surface area (Å²) in [6.07, 6.45) is 0.502. The van der Waals surface area contributed by atoms with E-state index >= 15 is 0 Å². The van der Waals surface area contributed by atoms with Crippen LogP contribution in [0.3, 0.4) is 0 Å². The van der Waals surface area contributed by atoms with E-state index in [1.165, 1.54) is 18.2 Å². The summed E-state index contributed by atoms with van der Waals surface area (Å²) >= 11 is 0. The monoisotopic (exact) mass is 280 g/mol. The van der Waals surface area contributed by atoms with Crippen molar-refractivity contribution in [2.45, 2.75) is 12.8 Å². The van der Waals surface area contributed by atoms with Crippen LogP contribution in [-0.2, 0) is 9.59 Å². The smallest absolute Gasteiger partial charge is 0.303 e. The predicted octanol–water partition coefficient (Wildman–Crippen LogP) is 1.56. The van der Waals surface area contributed by atoms with Crippen molar-refractivity contribution < 1.29 is 19.1 Å². The van der Waals surface area contributed by atoms with Gasteiger partial charge in [0.15, 0.2) is 0 Å². The molecule has 5 nitrogen and oxygen atoms in total. The van der Waals surface area contributed by atoms with Crippen LogP contribution in [0.5, 0.6) is 0 Å². The minimum absolute atomic E-state index is 0.169. The molecule has 1 aliphatic heterocycles. The fourth-order valence-electron chi connectivity index (χ4n) is 2.28. The first-order chi connectivity index (χ1) is 9.52. The Bertz CT molecular complexity index is 501. The molecule has 1 aliphatic rings. The summed E-state index contributed by atoms with van der Waals surface area (Å²) in [5.74, 6) is -1.14. The summed E-state index contributed by atoms with van der Waals surface area (Å²) in [5.41, 5.74) is 0.447. The zero-order valence-corrected chi connectivity index (χ0v) is 11.0. The van der Waals surface area contributed by atoms with Gasteiger partial charge < -0.3 is 15.3 Å². The Morgan fingerprint density at radius 1 is 1.40 bits per heavy atom. The van der Waals surface area contributed by atoms with Crippen LogP contribution in [0, 0.1) is 11.7 Å². The quantitative estimate of drug-likeness (QED) is 0.829. The van der Waals surface area contributed by atoms with Gasteiger partial charge in [0, 0.05) is 31.7 Å². The number of nitrogens with one attached hydrogen (secondary N) is 1. The second-order valence-electron chi connectivity index (χ2n) is 5.03. The third-order valence-corrected chi connectivity index (χ3v) is 3.26. The van der Waals surface area contributed by atoms with Crippen molar-refractivity contribution in [2.75, 3.05) is 25.0 Å². The van der Waals surface area contributed by atoms with E-state index in [0.717, 1.165) is 13.1 Å². The second kappa shape index (κ2) is 6.47. The Kier molecular flexibility index (Phi) is 4.68. The number of amides is 1. The zero-order chi connectivity index (χ0) is 14.5. The SMILES string of the molecule is O=C(O)CC1CN(CCC(=O)Nc2cccc(F)c2)C1. The van der Waals surface area contributed by atoms with E-state index in [9.17, 15) is 14.0 Å². The minimum atomic E-state index is -0.779. The largest absolute Gasteiger partial charge is 0.481 e. The van der Waals surface area contributed by atoms with Crippen molar-refractivity contribution in [1.82, 2.24) is 4.90 Å². The van der Waals surface area contributed by atoms with E-state index in [4.69, 9.17) is 5.11 Å². The fourth-order valence-corrected chi connectivity index (χ4v) is 2.28. The number of aliphatic carboxylic acids is 1. The molecule has 0 radical (unpaired) electrons. The number of nitrogens with zero attached hydrogens (tertiary/aromatic N) is 1. The summed E-state index contributed by atoms with van der Waals surface area (Å²) < 4.78 is 12.9. The molecule has 6 heteroatoms. The van der Waals surface area contributed by atoms with Gasteiger partial charge in [0.05, 0.1) is 6.42 Å². The van der Waals surface area contributed by atoms with Crippen molar-refractivity contribution in [1.29, 1.82) is 0 Å². The highest BCUT2D eigenvalue weighted by Crippen LogP contribution is 2.19. The molecule has 0 aromatic heterocycles. The summed E-state index contributed by atoms with van der Waals surface area (Å²) in [6.45, 7) is 2.04. The average molecular weight is 280 g/mol. The fraction of sp³-hybridized carbons (Fsp3) is 0.429. The van der Waals surface area contributed by atoms with Gasteiger partial charge in [-0.2, -0.15) is 0 Å². The van der Waals surface area contributed by atoms with Crippen LogP contribution >= 0.6 is 0 Å². The minimum Gasteiger partial charge on any atom is -0.481 e. The lowest BCUT2D eigenvalue weighted by Gasteiger charge is -2.38. The lowest BCUT2D eigenvalue weighted by atomic mass is 9.96. The van der Waals surface area contributed by atoms with Gasteiger partial charge in [-0.3, -0.25) is 9.59 Å². The molecule has 2 N–H and O–H groups in total. The Morgan fingerprint density at radius 2 is 2.15 bits per heavy atom. The number of carbonyl (C=O) groups excluding carboxylic acids is 1. The average Bonchev–Trinajstić information content (AvgIpc) is 2.31. The Hall–Kier alpha value is -1.95. The number of benzene rings is 1. The highest BCUT2D eigenvalue weighted by molar-refractivity contribution is 5.90. The van der Waals surface area contributed by atoms with Crippen LogP contribution in [-0.4, -0.2) is 41.5 Å². The summed E-state index contributed by atoms with van der Waals surface area (Å²) in [5, 5.41) is 11.3. The maximum absolute atomic E-state index is 12.9. The molecule has 1 heterocycles. The van der Waals surface area contributed by atoms with Gasteiger partial charge in [0.2, 0.25) is 5.91 Å². The van der Waals surface area contributed by atoms with Crippen LogP contribution in [0.25, 0.3) is 0 Å². The maximum Gasteiger partial charge on any atom is 0.303 e. The number of carboxylic acids is 1. The molecule has 0 aliphatic carbocycles. The standard InChI is InChI=1S/C14H17FN2O3/c15-11-2-1-3-12(7-11)16-13(18)4-5-17-8-10(9-17)6-14(19)20/h1-3,7,10H,4-6,8-9H2,(H,16,18)(H,19,20). The number of rotatable bonds is 6. The molecule has 1 saturated heterocycles. The molecule has 1 aromatic rings. The molecule has 0 spiro atoms. The summed E-state index contributed by atoms with van der Waals surface area (Å²) in [6, 6.07) is 5.76. The van der Waals surface area contributed by atoms with Gasteiger partial charge in [0.1, 0.15) is 5.82 Å². The van der Waals surface area contributed by atoms with Gasteiger partial charge in [0.25, 0.3) is 0 Å². The normalized spacial score (nSPS) is 15.7. The molecule has 1 amide bonds. The number of anilines is 1. The first-order valence-corrected chi connectivity index (χ1v) is 6.52. The third kappa shape index (κ3) is 4.31. The predicted molar refractivity (Wildman–Crippen MR) is 71.8 cm³/mol. The van der Waals surface area contributed by atoms with E-state index < -0.39 is 5.97 Å². The number of hydrogen-bond acceptors (Lipinski definition) is 3. The number of likely N-dealkylation sites (tertiary alicyclic amines) is 1. The molecular weight excluding hydrogens is 263 g/mol. The Balaban J connectivity index is 1.65. The van der Waals surface area contributed by atoms with Crippen LogP contribution in [0.2, 0.25) is 0 Å². The van der Waals surface area contributed by atoms with Crippen molar-refractivity contribution >= 4 is 17.6 Å². The molecule has 108 valence electrons.